The third-order valence-electron chi connectivity index (χ3n) is 3.02. The van der Waals surface area contributed by atoms with Gasteiger partial charge >= 0.3 is 0 Å². The van der Waals surface area contributed by atoms with Gasteiger partial charge in [0.1, 0.15) is 0 Å². The normalized spacial score (nSPS) is 22.9. The van der Waals surface area contributed by atoms with Crippen molar-refractivity contribution >= 4 is 0 Å². The molecule has 0 radical (unpaired) electrons. The van der Waals surface area contributed by atoms with Crippen molar-refractivity contribution in [2.24, 2.45) is 5.92 Å². The Morgan fingerprint density at radius 1 is 1.40 bits per heavy atom. The molecule has 0 aliphatic carbocycles. The standard InChI is InChI=1S/C13H19NO/c1-2-14-13(12-8-9-15-10-12)11-6-4-3-5-7-11/h3-7,12-14H,2,8-10H2,1H3/t12-,13+/m1/s1. The highest BCUT2D eigenvalue weighted by molar-refractivity contribution is 5.20. The van der Waals surface area contributed by atoms with E-state index < -0.39 is 0 Å². The predicted molar refractivity (Wildman–Crippen MR) is 61.8 cm³/mol. The number of hydrogen-bond donors (Lipinski definition) is 1. The molecule has 1 aliphatic heterocycles. The lowest BCUT2D eigenvalue weighted by atomic mass is 9.92. The van der Waals surface area contributed by atoms with Crippen LogP contribution >= 0.6 is 0 Å². The number of hydrogen-bond acceptors (Lipinski definition) is 2. The third-order valence-corrected chi connectivity index (χ3v) is 3.02. The highest BCUT2D eigenvalue weighted by Gasteiger charge is 2.25. The Hall–Kier alpha value is -0.860. The van der Waals surface area contributed by atoms with Crippen LogP contribution in [0.2, 0.25) is 0 Å². The molecule has 1 heterocycles. The summed E-state index contributed by atoms with van der Waals surface area (Å²) >= 11 is 0. The van der Waals surface area contributed by atoms with Crippen LogP contribution in [0.4, 0.5) is 0 Å². The molecule has 15 heavy (non-hydrogen) atoms. The third kappa shape index (κ3) is 2.58. The van der Waals surface area contributed by atoms with Gasteiger partial charge in [-0.2, -0.15) is 0 Å². The van der Waals surface area contributed by atoms with E-state index >= 15 is 0 Å². The first-order valence-corrected chi connectivity index (χ1v) is 5.78. The zero-order valence-corrected chi connectivity index (χ0v) is 9.28. The van der Waals surface area contributed by atoms with Gasteiger partial charge in [0.2, 0.25) is 0 Å². The lowest BCUT2D eigenvalue weighted by Crippen LogP contribution is -2.28. The lowest BCUT2D eigenvalue weighted by molar-refractivity contribution is 0.177. The second-order valence-electron chi connectivity index (χ2n) is 4.07. The second-order valence-corrected chi connectivity index (χ2v) is 4.07. The van der Waals surface area contributed by atoms with Crippen molar-refractivity contribution in [3.63, 3.8) is 0 Å². The topological polar surface area (TPSA) is 21.3 Å². The minimum Gasteiger partial charge on any atom is -0.381 e. The quantitative estimate of drug-likeness (QED) is 0.815. The van der Waals surface area contributed by atoms with Gasteiger partial charge in [-0.3, -0.25) is 0 Å². The summed E-state index contributed by atoms with van der Waals surface area (Å²) in [6, 6.07) is 11.1. The van der Waals surface area contributed by atoms with E-state index in [0.29, 0.717) is 12.0 Å². The molecule has 2 rings (SSSR count). The van der Waals surface area contributed by atoms with Crippen molar-refractivity contribution in [1.82, 2.24) is 5.32 Å². The van der Waals surface area contributed by atoms with Gasteiger partial charge in [-0.25, -0.2) is 0 Å². The first-order chi connectivity index (χ1) is 7.42. The van der Waals surface area contributed by atoms with E-state index in [1.54, 1.807) is 0 Å². The van der Waals surface area contributed by atoms with E-state index in [4.69, 9.17) is 4.74 Å². The fourth-order valence-electron chi connectivity index (χ4n) is 2.25. The molecule has 2 nitrogen and oxygen atoms in total. The minimum absolute atomic E-state index is 0.457. The average molecular weight is 205 g/mol. The van der Waals surface area contributed by atoms with Crippen LogP contribution in [-0.4, -0.2) is 19.8 Å². The van der Waals surface area contributed by atoms with E-state index in [9.17, 15) is 0 Å². The van der Waals surface area contributed by atoms with Crippen LogP contribution < -0.4 is 5.32 Å². The van der Waals surface area contributed by atoms with Crippen molar-refractivity contribution < 1.29 is 4.74 Å². The highest BCUT2D eigenvalue weighted by Crippen LogP contribution is 2.28. The molecule has 82 valence electrons. The van der Waals surface area contributed by atoms with Gasteiger partial charge < -0.3 is 10.1 Å². The Morgan fingerprint density at radius 3 is 2.80 bits per heavy atom. The molecule has 1 fully saturated rings. The second kappa shape index (κ2) is 5.29. The van der Waals surface area contributed by atoms with Gasteiger partial charge in [0.25, 0.3) is 0 Å². The Balaban J connectivity index is 2.11. The zero-order chi connectivity index (χ0) is 10.5. The largest absolute Gasteiger partial charge is 0.381 e. The van der Waals surface area contributed by atoms with Crippen LogP contribution in [0.3, 0.4) is 0 Å². The van der Waals surface area contributed by atoms with E-state index in [1.165, 1.54) is 12.0 Å². The van der Waals surface area contributed by atoms with Gasteiger partial charge in [-0.1, -0.05) is 37.3 Å². The monoisotopic (exact) mass is 205 g/mol. The molecule has 0 aromatic heterocycles. The molecule has 1 aromatic carbocycles. The molecule has 1 N–H and O–H groups in total. The Bertz CT molecular complexity index is 280. The van der Waals surface area contributed by atoms with Crippen LogP contribution in [0, 0.1) is 5.92 Å². The minimum atomic E-state index is 0.457. The van der Waals surface area contributed by atoms with Crippen molar-refractivity contribution in [1.29, 1.82) is 0 Å². The summed E-state index contributed by atoms with van der Waals surface area (Å²) < 4.78 is 5.47. The summed E-state index contributed by atoms with van der Waals surface area (Å²) in [6.07, 6.45) is 1.17. The van der Waals surface area contributed by atoms with Gasteiger partial charge in [0.05, 0.1) is 6.61 Å². The first kappa shape index (κ1) is 10.7. The molecule has 2 atom stereocenters. The summed E-state index contributed by atoms with van der Waals surface area (Å²) in [5.74, 6) is 0.632. The molecule has 0 spiro atoms. The Kier molecular flexibility index (Phi) is 3.75. The van der Waals surface area contributed by atoms with Gasteiger partial charge in [-0.15, -0.1) is 0 Å². The number of nitrogens with one attached hydrogen (secondary N) is 1. The van der Waals surface area contributed by atoms with Crippen molar-refractivity contribution in [3.05, 3.63) is 35.9 Å². The smallest absolute Gasteiger partial charge is 0.0513 e. The van der Waals surface area contributed by atoms with Gasteiger partial charge in [0, 0.05) is 18.6 Å². The predicted octanol–water partition coefficient (Wildman–Crippen LogP) is 2.37. The van der Waals surface area contributed by atoms with Gasteiger partial charge in [-0.05, 0) is 18.5 Å². The molecular formula is C13H19NO. The van der Waals surface area contributed by atoms with Crippen LogP contribution in [-0.2, 0) is 4.74 Å². The van der Waals surface area contributed by atoms with Crippen LogP contribution in [0.1, 0.15) is 24.9 Å². The molecule has 1 aliphatic rings. The molecular weight excluding hydrogens is 186 g/mol. The number of benzene rings is 1. The Labute approximate surface area is 91.6 Å². The highest BCUT2D eigenvalue weighted by atomic mass is 16.5. The van der Waals surface area contributed by atoms with Crippen molar-refractivity contribution in [2.75, 3.05) is 19.8 Å². The van der Waals surface area contributed by atoms with E-state index in [2.05, 4.69) is 42.6 Å². The summed E-state index contributed by atoms with van der Waals surface area (Å²) in [5, 5.41) is 3.56. The summed E-state index contributed by atoms with van der Waals surface area (Å²) in [4.78, 5) is 0. The molecule has 0 amide bonds. The van der Waals surface area contributed by atoms with Crippen molar-refractivity contribution in [2.45, 2.75) is 19.4 Å². The fraction of sp³-hybridized carbons (Fsp3) is 0.538. The number of rotatable bonds is 4. The molecule has 2 heteroatoms. The summed E-state index contributed by atoms with van der Waals surface area (Å²) in [7, 11) is 0. The molecule has 0 saturated carbocycles. The lowest BCUT2D eigenvalue weighted by Gasteiger charge is -2.23. The summed E-state index contributed by atoms with van der Waals surface area (Å²) in [5.41, 5.74) is 1.38. The molecule has 0 bridgehead atoms. The maximum atomic E-state index is 5.47. The fourth-order valence-corrected chi connectivity index (χ4v) is 2.25. The van der Waals surface area contributed by atoms with E-state index in [0.717, 1.165) is 19.8 Å². The number of ether oxygens (including phenoxy) is 1. The SMILES string of the molecule is CCN[C@@H](c1ccccc1)[C@@H]1CCOC1. The van der Waals surface area contributed by atoms with Crippen LogP contribution in [0.15, 0.2) is 30.3 Å². The maximum Gasteiger partial charge on any atom is 0.0513 e. The molecule has 1 saturated heterocycles. The zero-order valence-electron chi connectivity index (χ0n) is 9.28. The van der Waals surface area contributed by atoms with Crippen molar-refractivity contribution in [3.8, 4) is 0 Å². The summed E-state index contributed by atoms with van der Waals surface area (Å²) in [6.45, 7) is 4.98. The van der Waals surface area contributed by atoms with Crippen LogP contribution in [0.5, 0.6) is 0 Å². The first-order valence-electron chi connectivity index (χ1n) is 5.78. The van der Waals surface area contributed by atoms with E-state index in [1.807, 2.05) is 0 Å². The van der Waals surface area contributed by atoms with Crippen LogP contribution in [0.25, 0.3) is 0 Å². The maximum absolute atomic E-state index is 5.47. The van der Waals surface area contributed by atoms with E-state index in [-0.39, 0.29) is 0 Å². The molecule has 0 unspecified atom stereocenters. The Morgan fingerprint density at radius 2 is 2.20 bits per heavy atom. The van der Waals surface area contributed by atoms with Gasteiger partial charge in [0.15, 0.2) is 0 Å². The average Bonchev–Trinajstić information content (AvgIpc) is 2.80. The molecule has 1 aromatic rings.